The zero-order valence-electron chi connectivity index (χ0n) is 10.1. The van der Waals surface area contributed by atoms with Crippen LogP contribution in [0, 0.1) is 0 Å². The third-order valence-corrected chi connectivity index (χ3v) is 2.56. The standard InChI is InChI=1S/C12H13N3O3/c1-8(11(16)18-2)14-12(17)15-10-6-4-3-5-9(10)7-13-15/h3-8H,1-2H3,(H,14,17). The van der Waals surface area contributed by atoms with E-state index in [1.54, 1.807) is 19.2 Å². The van der Waals surface area contributed by atoms with Crippen LogP contribution < -0.4 is 5.32 Å². The maximum absolute atomic E-state index is 11.9. The zero-order chi connectivity index (χ0) is 13.1. The summed E-state index contributed by atoms with van der Waals surface area (Å²) in [6.07, 6.45) is 1.59. The number of nitrogens with zero attached hydrogens (tertiary/aromatic N) is 2. The molecule has 6 nitrogen and oxygen atoms in total. The molecule has 1 amide bonds. The molecule has 0 aliphatic rings. The summed E-state index contributed by atoms with van der Waals surface area (Å²) in [6.45, 7) is 1.55. The quantitative estimate of drug-likeness (QED) is 0.808. The molecule has 1 aromatic heterocycles. The third-order valence-electron chi connectivity index (χ3n) is 2.56. The zero-order valence-corrected chi connectivity index (χ0v) is 10.1. The first kappa shape index (κ1) is 12.1. The molecular formula is C12H13N3O3. The van der Waals surface area contributed by atoms with E-state index in [2.05, 4.69) is 15.2 Å². The lowest BCUT2D eigenvalue weighted by molar-refractivity contribution is -0.142. The van der Waals surface area contributed by atoms with Crippen molar-refractivity contribution in [3.05, 3.63) is 30.5 Å². The molecule has 1 heterocycles. The van der Waals surface area contributed by atoms with Gasteiger partial charge in [0.25, 0.3) is 0 Å². The van der Waals surface area contributed by atoms with Gasteiger partial charge in [0.15, 0.2) is 0 Å². The summed E-state index contributed by atoms with van der Waals surface area (Å²) < 4.78 is 5.75. The lowest BCUT2D eigenvalue weighted by atomic mass is 10.3. The van der Waals surface area contributed by atoms with Crippen LogP contribution in [0.25, 0.3) is 10.9 Å². The molecular weight excluding hydrogens is 234 g/mol. The highest BCUT2D eigenvalue weighted by molar-refractivity contribution is 5.91. The van der Waals surface area contributed by atoms with E-state index in [9.17, 15) is 9.59 Å². The molecule has 1 atom stereocenters. The highest BCUT2D eigenvalue weighted by Crippen LogP contribution is 2.12. The van der Waals surface area contributed by atoms with Crippen molar-refractivity contribution >= 4 is 22.9 Å². The SMILES string of the molecule is COC(=O)C(C)NC(=O)n1ncc2ccccc21. The molecule has 0 saturated carbocycles. The minimum Gasteiger partial charge on any atom is -0.467 e. The predicted octanol–water partition coefficient (Wildman–Crippen LogP) is 1.16. The minimum atomic E-state index is -0.717. The highest BCUT2D eigenvalue weighted by atomic mass is 16.5. The van der Waals surface area contributed by atoms with Crippen molar-refractivity contribution in [2.45, 2.75) is 13.0 Å². The molecule has 0 aliphatic heterocycles. The van der Waals surface area contributed by atoms with Crippen molar-refractivity contribution in [1.29, 1.82) is 0 Å². The fraction of sp³-hybridized carbons (Fsp3) is 0.250. The first-order chi connectivity index (χ1) is 8.63. The van der Waals surface area contributed by atoms with Crippen LogP contribution in [0.4, 0.5) is 4.79 Å². The monoisotopic (exact) mass is 247 g/mol. The number of hydrogen-bond donors (Lipinski definition) is 1. The third kappa shape index (κ3) is 2.17. The Morgan fingerprint density at radius 1 is 1.39 bits per heavy atom. The Balaban J connectivity index is 2.21. The topological polar surface area (TPSA) is 73.2 Å². The van der Waals surface area contributed by atoms with Gasteiger partial charge in [-0.2, -0.15) is 9.78 Å². The van der Waals surface area contributed by atoms with Crippen LogP contribution in [0.3, 0.4) is 0 Å². The summed E-state index contributed by atoms with van der Waals surface area (Å²) in [4.78, 5) is 23.1. The van der Waals surface area contributed by atoms with Gasteiger partial charge in [-0.1, -0.05) is 18.2 Å². The van der Waals surface area contributed by atoms with Crippen LogP contribution in [-0.2, 0) is 9.53 Å². The number of methoxy groups -OCH3 is 1. The Morgan fingerprint density at radius 3 is 2.83 bits per heavy atom. The van der Waals surface area contributed by atoms with Crippen molar-refractivity contribution in [3.8, 4) is 0 Å². The number of rotatable bonds is 2. The van der Waals surface area contributed by atoms with Crippen LogP contribution in [0.1, 0.15) is 6.92 Å². The predicted molar refractivity (Wildman–Crippen MR) is 65.1 cm³/mol. The molecule has 18 heavy (non-hydrogen) atoms. The molecule has 6 heteroatoms. The van der Waals surface area contributed by atoms with Gasteiger partial charge in [0, 0.05) is 5.39 Å². The van der Waals surface area contributed by atoms with Crippen molar-refractivity contribution < 1.29 is 14.3 Å². The minimum absolute atomic E-state index is 0.464. The van der Waals surface area contributed by atoms with Gasteiger partial charge in [0.2, 0.25) is 0 Å². The fourth-order valence-corrected chi connectivity index (χ4v) is 1.62. The van der Waals surface area contributed by atoms with Gasteiger partial charge in [0.1, 0.15) is 6.04 Å². The molecule has 0 bridgehead atoms. The first-order valence-corrected chi connectivity index (χ1v) is 5.45. The van der Waals surface area contributed by atoms with E-state index in [4.69, 9.17) is 0 Å². The Morgan fingerprint density at radius 2 is 2.11 bits per heavy atom. The summed E-state index contributed by atoms with van der Waals surface area (Å²) in [5, 5.41) is 7.36. The largest absolute Gasteiger partial charge is 0.467 e. The molecule has 1 N–H and O–H groups in total. The lowest BCUT2D eigenvalue weighted by Gasteiger charge is -2.11. The van der Waals surface area contributed by atoms with E-state index in [-0.39, 0.29) is 0 Å². The van der Waals surface area contributed by atoms with Crippen LogP contribution in [0.15, 0.2) is 30.5 Å². The number of esters is 1. The van der Waals surface area contributed by atoms with Crippen molar-refractivity contribution in [2.24, 2.45) is 0 Å². The molecule has 94 valence electrons. The summed E-state index contributed by atoms with van der Waals surface area (Å²) in [5.74, 6) is -0.500. The molecule has 2 rings (SSSR count). The maximum atomic E-state index is 11.9. The van der Waals surface area contributed by atoms with Crippen molar-refractivity contribution in [1.82, 2.24) is 15.1 Å². The maximum Gasteiger partial charge on any atom is 0.343 e. The Bertz CT molecular complexity index is 591. The number of aromatic nitrogens is 2. The van der Waals surface area contributed by atoms with Crippen LogP contribution in [0.2, 0.25) is 0 Å². The second kappa shape index (κ2) is 4.87. The smallest absolute Gasteiger partial charge is 0.343 e. The van der Waals surface area contributed by atoms with E-state index in [0.29, 0.717) is 5.52 Å². The summed E-state index contributed by atoms with van der Waals surface area (Å²) in [5.41, 5.74) is 0.687. The van der Waals surface area contributed by atoms with E-state index < -0.39 is 18.0 Å². The first-order valence-electron chi connectivity index (χ1n) is 5.45. The van der Waals surface area contributed by atoms with Crippen molar-refractivity contribution in [2.75, 3.05) is 7.11 Å². The van der Waals surface area contributed by atoms with Crippen molar-refractivity contribution in [3.63, 3.8) is 0 Å². The second-order valence-electron chi connectivity index (χ2n) is 3.81. The molecule has 1 unspecified atom stereocenters. The fourth-order valence-electron chi connectivity index (χ4n) is 1.62. The van der Waals surface area contributed by atoms with Gasteiger partial charge in [-0.3, -0.25) is 0 Å². The molecule has 1 aromatic carbocycles. The van der Waals surface area contributed by atoms with Gasteiger partial charge in [-0.15, -0.1) is 0 Å². The van der Waals surface area contributed by atoms with E-state index in [1.165, 1.54) is 11.8 Å². The highest BCUT2D eigenvalue weighted by Gasteiger charge is 2.18. The Kier molecular flexibility index (Phi) is 3.27. The number of nitrogens with one attached hydrogen (secondary N) is 1. The normalized spacial score (nSPS) is 12.1. The molecule has 0 aliphatic carbocycles. The van der Waals surface area contributed by atoms with Crippen LogP contribution >= 0.6 is 0 Å². The van der Waals surface area contributed by atoms with Gasteiger partial charge in [-0.05, 0) is 13.0 Å². The van der Waals surface area contributed by atoms with Gasteiger partial charge in [-0.25, -0.2) is 9.59 Å². The Labute approximate surface area is 104 Å². The molecule has 0 fully saturated rings. The number of benzene rings is 1. The van der Waals surface area contributed by atoms with Gasteiger partial charge >= 0.3 is 12.0 Å². The van der Waals surface area contributed by atoms with Gasteiger partial charge in [0.05, 0.1) is 18.8 Å². The number of carbonyl (C=O) groups is 2. The number of carbonyl (C=O) groups excluding carboxylic acids is 2. The second-order valence-corrected chi connectivity index (χ2v) is 3.81. The molecule has 0 spiro atoms. The average Bonchev–Trinajstić information content (AvgIpc) is 2.81. The number of para-hydroxylation sites is 1. The molecule has 0 saturated heterocycles. The van der Waals surface area contributed by atoms with E-state index in [0.717, 1.165) is 5.39 Å². The van der Waals surface area contributed by atoms with E-state index in [1.807, 2.05) is 18.2 Å². The van der Waals surface area contributed by atoms with Crippen LogP contribution in [0.5, 0.6) is 0 Å². The average molecular weight is 247 g/mol. The number of hydrogen-bond acceptors (Lipinski definition) is 4. The Hall–Kier alpha value is -2.37. The summed E-state index contributed by atoms with van der Waals surface area (Å²) >= 11 is 0. The number of amides is 1. The van der Waals surface area contributed by atoms with Crippen LogP contribution in [-0.4, -0.2) is 34.9 Å². The summed E-state index contributed by atoms with van der Waals surface area (Å²) in [7, 11) is 1.27. The summed E-state index contributed by atoms with van der Waals surface area (Å²) in [6, 6.07) is 6.14. The lowest BCUT2D eigenvalue weighted by Crippen LogP contribution is -2.41. The van der Waals surface area contributed by atoms with Gasteiger partial charge < -0.3 is 10.1 Å². The number of ether oxygens (including phenoxy) is 1. The van der Waals surface area contributed by atoms with E-state index >= 15 is 0 Å². The molecule has 2 aromatic rings. The number of fused-ring (bicyclic) bond motifs is 1. The molecule has 0 radical (unpaired) electrons.